The van der Waals surface area contributed by atoms with Crippen LogP contribution in [-0.2, 0) is 9.47 Å². The van der Waals surface area contributed by atoms with Crippen LogP contribution in [0.15, 0.2) is 36.7 Å². The van der Waals surface area contributed by atoms with E-state index in [2.05, 4.69) is 10.3 Å². The molecule has 0 unspecified atom stereocenters. The number of imidazole rings is 1. The van der Waals surface area contributed by atoms with Crippen molar-refractivity contribution in [3.05, 3.63) is 53.7 Å². The van der Waals surface area contributed by atoms with E-state index in [1.165, 1.54) is 18.2 Å². The summed E-state index contributed by atoms with van der Waals surface area (Å²) in [5.41, 5.74) is 1.49. The van der Waals surface area contributed by atoms with Gasteiger partial charge in [0.25, 0.3) is 12.3 Å². The van der Waals surface area contributed by atoms with E-state index < -0.39 is 18.0 Å². The number of carbonyl (C=O) groups is 1. The fourth-order valence-corrected chi connectivity index (χ4v) is 3.76. The lowest BCUT2D eigenvalue weighted by atomic mass is 9.97. The summed E-state index contributed by atoms with van der Waals surface area (Å²) in [6.07, 6.45) is 2.58. The molecule has 168 valence electrons. The highest BCUT2D eigenvalue weighted by molar-refractivity contribution is 6.03. The zero-order valence-electron chi connectivity index (χ0n) is 17.2. The molecule has 8 nitrogen and oxygen atoms in total. The highest BCUT2D eigenvalue weighted by Gasteiger charge is 2.24. The van der Waals surface area contributed by atoms with Crippen LogP contribution in [0.25, 0.3) is 5.65 Å². The Bertz CT molecular complexity index is 1130. The van der Waals surface area contributed by atoms with Crippen molar-refractivity contribution in [1.29, 1.82) is 0 Å². The number of pyridine rings is 2. The Hall–Kier alpha value is -3.11. The molecule has 0 aliphatic carbocycles. The monoisotopic (exact) mass is 444 g/mol. The predicted octanol–water partition coefficient (Wildman–Crippen LogP) is 3.59. The minimum atomic E-state index is -2.76. The number of alkyl halides is 2. The van der Waals surface area contributed by atoms with Crippen LogP contribution in [0.2, 0.25) is 0 Å². The first-order valence-electron chi connectivity index (χ1n) is 10.5. The molecule has 2 fully saturated rings. The molecule has 32 heavy (non-hydrogen) atoms. The minimum Gasteiger partial charge on any atom is -0.483 e. The van der Waals surface area contributed by atoms with Gasteiger partial charge in [0.05, 0.1) is 18.9 Å². The fraction of sp³-hybridized carbons (Fsp3) is 0.409. The van der Waals surface area contributed by atoms with Gasteiger partial charge in [-0.3, -0.25) is 4.79 Å². The van der Waals surface area contributed by atoms with Crippen LogP contribution in [0, 0.1) is 0 Å². The quantitative estimate of drug-likeness (QED) is 0.625. The molecule has 0 radical (unpaired) electrons. The number of rotatable bonds is 6. The first-order chi connectivity index (χ1) is 15.6. The van der Waals surface area contributed by atoms with Gasteiger partial charge < -0.3 is 23.9 Å². The number of aromatic nitrogens is 3. The van der Waals surface area contributed by atoms with Crippen molar-refractivity contribution in [3.63, 3.8) is 0 Å². The van der Waals surface area contributed by atoms with Crippen LogP contribution in [-0.4, -0.2) is 52.8 Å². The lowest BCUT2D eigenvalue weighted by molar-refractivity contribution is -0.0793. The number of hydrogen-bond donors (Lipinski definition) is 1. The SMILES string of the molecule is O=C(Nc1cn2cc(C3CCOCC3)nc2cc1OC1COC1)c1cccc(C(F)F)n1. The number of ether oxygens (including phenoxy) is 3. The van der Waals surface area contributed by atoms with E-state index in [4.69, 9.17) is 19.2 Å². The van der Waals surface area contributed by atoms with E-state index in [0.29, 0.717) is 49.4 Å². The molecule has 0 aromatic carbocycles. The van der Waals surface area contributed by atoms with Gasteiger partial charge in [-0.15, -0.1) is 0 Å². The molecule has 0 saturated carbocycles. The molecule has 0 spiro atoms. The third-order valence-electron chi connectivity index (χ3n) is 5.59. The number of fused-ring (bicyclic) bond motifs is 1. The molecule has 2 aliphatic rings. The second kappa shape index (κ2) is 8.79. The fourth-order valence-electron chi connectivity index (χ4n) is 3.76. The number of halogens is 2. The van der Waals surface area contributed by atoms with Crippen molar-refractivity contribution >= 4 is 17.2 Å². The van der Waals surface area contributed by atoms with E-state index >= 15 is 0 Å². The molecule has 0 atom stereocenters. The second-order valence-corrected chi connectivity index (χ2v) is 7.85. The Labute approximate surface area is 182 Å². The molecular formula is C22H22F2N4O4. The van der Waals surface area contributed by atoms with Gasteiger partial charge in [0.1, 0.15) is 34.6 Å². The Balaban J connectivity index is 1.45. The molecule has 1 amide bonds. The van der Waals surface area contributed by atoms with E-state index in [0.717, 1.165) is 18.5 Å². The zero-order chi connectivity index (χ0) is 22.1. The van der Waals surface area contributed by atoms with Gasteiger partial charge in [-0.25, -0.2) is 18.7 Å². The van der Waals surface area contributed by atoms with Crippen LogP contribution < -0.4 is 10.1 Å². The number of nitrogens with one attached hydrogen (secondary N) is 1. The molecule has 5 heterocycles. The molecule has 2 saturated heterocycles. The number of hydrogen-bond acceptors (Lipinski definition) is 6. The van der Waals surface area contributed by atoms with Gasteiger partial charge in [-0.05, 0) is 25.0 Å². The van der Waals surface area contributed by atoms with Gasteiger partial charge in [0.2, 0.25) is 0 Å². The van der Waals surface area contributed by atoms with Crippen molar-refractivity contribution in [2.75, 3.05) is 31.7 Å². The average Bonchev–Trinajstić information content (AvgIpc) is 3.19. The van der Waals surface area contributed by atoms with Crippen LogP contribution in [0.3, 0.4) is 0 Å². The maximum absolute atomic E-state index is 13.0. The Kier molecular flexibility index (Phi) is 5.71. The first kappa shape index (κ1) is 20.8. The maximum atomic E-state index is 13.0. The van der Waals surface area contributed by atoms with Gasteiger partial charge in [0.15, 0.2) is 0 Å². The third kappa shape index (κ3) is 4.28. The summed E-state index contributed by atoms with van der Waals surface area (Å²) in [4.78, 5) is 21.3. The van der Waals surface area contributed by atoms with E-state index in [-0.39, 0.29) is 11.8 Å². The summed E-state index contributed by atoms with van der Waals surface area (Å²) < 4.78 is 44.4. The third-order valence-corrected chi connectivity index (χ3v) is 5.59. The van der Waals surface area contributed by atoms with E-state index in [1.807, 2.05) is 10.6 Å². The Morgan fingerprint density at radius 2 is 1.97 bits per heavy atom. The largest absolute Gasteiger partial charge is 0.483 e. The molecular weight excluding hydrogens is 422 g/mol. The summed E-state index contributed by atoms with van der Waals surface area (Å²) in [5, 5.41) is 2.75. The normalized spacial score (nSPS) is 17.5. The number of carbonyl (C=O) groups excluding carboxylic acids is 1. The Morgan fingerprint density at radius 1 is 1.16 bits per heavy atom. The van der Waals surface area contributed by atoms with Crippen molar-refractivity contribution < 1.29 is 27.8 Å². The van der Waals surface area contributed by atoms with Crippen molar-refractivity contribution in [3.8, 4) is 5.75 Å². The summed E-state index contributed by atoms with van der Waals surface area (Å²) >= 11 is 0. The van der Waals surface area contributed by atoms with Gasteiger partial charge >= 0.3 is 0 Å². The summed E-state index contributed by atoms with van der Waals surface area (Å²) in [6, 6.07) is 5.72. The smallest absolute Gasteiger partial charge is 0.280 e. The van der Waals surface area contributed by atoms with Crippen LogP contribution in [0.1, 0.15) is 47.1 Å². The molecule has 3 aromatic rings. The highest BCUT2D eigenvalue weighted by atomic mass is 19.3. The summed E-state index contributed by atoms with van der Waals surface area (Å²) in [7, 11) is 0. The molecule has 0 bridgehead atoms. The first-order valence-corrected chi connectivity index (χ1v) is 10.5. The number of amides is 1. The topological polar surface area (TPSA) is 87.0 Å². The van der Waals surface area contributed by atoms with E-state index in [9.17, 15) is 13.6 Å². The summed E-state index contributed by atoms with van der Waals surface area (Å²) in [6.45, 7) is 2.33. The lowest BCUT2D eigenvalue weighted by Crippen LogP contribution is -2.38. The van der Waals surface area contributed by atoms with E-state index in [1.54, 1.807) is 12.3 Å². The van der Waals surface area contributed by atoms with Gasteiger partial charge in [-0.1, -0.05) is 6.07 Å². The van der Waals surface area contributed by atoms with Crippen LogP contribution in [0.5, 0.6) is 5.75 Å². The molecule has 3 aromatic heterocycles. The molecule has 1 N–H and O–H groups in total. The van der Waals surface area contributed by atoms with Crippen LogP contribution in [0.4, 0.5) is 14.5 Å². The van der Waals surface area contributed by atoms with Gasteiger partial charge in [-0.2, -0.15) is 0 Å². The molecule has 10 heteroatoms. The second-order valence-electron chi connectivity index (χ2n) is 7.85. The van der Waals surface area contributed by atoms with Crippen molar-refractivity contribution in [2.45, 2.75) is 31.3 Å². The Morgan fingerprint density at radius 3 is 2.69 bits per heavy atom. The van der Waals surface area contributed by atoms with Crippen molar-refractivity contribution in [1.82, 2.24) is 14.4 Å². The molecule has 2 aliphatic heterocycles. The van der Waals surface area contributed by atoms with Crippen LogP contribution >= 0.6 is 0 Å². The molecule has 5 rings (SSSR count). The minimum absolute atomic E-state index is 0.102. The van der Waals surface area contributed by atoms with Gasteiger partial charge in [0, 0.05) is 37.6 Å². The standard InChI is InChI=1S/C22H22F2N4O4/c23-21(24)15-2-1-3-16(25-15)22(29)27-18-10-28-9-17(13-4-6-30-7-5-13)26-20(28)8-19(18)32-14-11-31-12-14/h1-3,8-10,13-14,21H,4-7,11-12H2,(H,27,29). The number of anilines is 1. The lowest BCUT2D eigenvalue weighted by Gasteiger charge is -2.27. The summed E-state index contributed by atoms with van der Waals surface area (Å²) in [5.74, 6) is 0.145. The number of nitrogens with zero attached hydrogens (tertiary/aromatic N) is 3. The maximum Gasteiger partial charge on any atom is 0.280 e. The highest BCUT2D eigenvalue weighted by Crippen LogP contribution is 2.32. The zero-order valence-corrected chi connectivity index (χ0v) is 17.2. The van der Waals surface area contributed by atoms with Crippen molar-refractivity contribution in [2.24, 2.45) is 0 Å². The predicted molar refractivity (Wildman–Crippen MR) is 110 cm³/mol. The average molecular weight is 444 g/mol.